The second kappa shape index (κ2) is 5.79. The summed E-state index contributed by atoms with van der Waals surface area (Å²) < 4.78 is 5.14. The Balaban J connectivity index is 2.33. The van der Waals surface area contributed by atoms with Gasteiger partial charge in [0.25, 0.3) is 0 Å². The maximum absolute atomic E-state index is 5.60. The van der Waals surface area contributed by atoms with Crippen LogP contribution in [-0.4, -0.2) is 12.2 Å². The van der Waals surface area contributed by atoms with Gasteiger partial charge in [0.05, 0.1) is 6.61 Å². The Labute approximate surface area is 84.0 Å². The van der Waals surface area contributed by atoms with Gasteiger partial charge in [-0.05, 0) is 12.5 Å². The zero-order chi connectivity index (χ0) is 9.52. The summed E-state index contributed by atoms with van der Waals surface area (Å²) in [5, 5.41) is 0. The summed E-state index contributed by atoms with van der Waals surface area (Å²) in [6.07, 6.45) is 3.97. The van der Waals surface area contributed by atoms with Crippen molar-refractivity contribution in [1.29, 1.82) is 0 Å². The number of halogens is 1. The molecule has 0 fully saturated rings. The number of alkyl halides is 1. The van der Waals surface area contributed by atoms with Crippen LogP contribution in [0.1, 0.15) is 12.5 Å². The summed E-state index contributed by atoms with van der Waals surface area (Å²) in [6, 6.07) is 10.1. The number of hydrogen-bond acceptors (Lipinski definition) is 1. The second-order valence-electron chi connectivity index (χ2n) is 2.69. The molecule has 1 aromatic rings. The third-order valence-electron chi connectivity index (χ3n) is 1.53. The largest absolute Gasteiger partial charge is 0.359 e. The molecule has 0 saturated heterocycles. The fourth-order valence-electron chi connectivity index (χ4n) is 0.936. The average Bonchev–Trinajstić information content (AvgIpc) is 2.14. The van der Waals surface area contributed by atoms with E-state index in [1.54, 1.807) is 6.92 Å². The third-order valence-corrected chi connectivity index (χ3v) is 1.66. The van der Waals surface area contributed by atoms with E-state index in [9.17, 15) is 0 Å². The van der Waals surface area contributed by atoms with Gasteiger partial charge in [0.15, 0.2) is 0 Å². The lowest BCUT2D eigenvalue weighted by atomic mass is 10.2. The molecule has 1 rings (SSSR count). The summed E-state index contributed by atoms with van der Waals surface area (Å²) in [7, 11) is 0. The summed E-state index contributed by atoms with van der Waals surface area (Å²) in [6.45, 7) is 2.36. The molecule has 0 amide bonds. The first-order chi connectivity index (χ1) is 6.29. The molecule has 1 unspecified atom stereocenters. The highest BCUT2D eigenvalue weighted by molar-refractivity contribution is 6.19. The molecule has 0 aliphatic rings. The van der Waals surface area contributed by atoms with E-state index in [0.29, 0.717) is 6.61 Å². The smallest absolute Gasteiger partial charge is 0.128 e. The van der Waals surface area contributed by atoms with Crippen molar-refractivity contribution in [3.63, 3.8) is 0 Å². The van der Waals surface area contributed by atoms with Gasteiger partial charge in [-0.25, -0.2) is 0 Å². The zero-order valence-electron chi connectivity index (χ0n) is 7.61. The van der Waals surface area contributed by atoms with Crippen molar-refractivity contribution in [3.05, 3.63) is 42.0 Å². The van der Waals surface area contributed by atoms with Crippen LogP contribution in [0.25, 0.3) is 6.08 Å². The van der Waals surface area contributed by atoms with Crippen molar-refractivity contribution in [2.24, 2.45) is 0 Å². The van der Waals surface area contributed by atoms with Gasteiger partial charge < -0.3 is 4.74 Å². The topological polar surface area (TPSA) is 9.23 Å². The van der Waals surface area contributed by atoms with Crippen molar-refractivity contribution in [1.82, 2.24) is 0 Å². The minimum atomic E-state index is -0.222. The average molecular weight is 197 g/mol. The van der Waals surface area contributed by atoms with Gasteiger partial charge in [-0.2, -0.15) is 0 Å². The Morgan fingerprint density at radius 2 is 2.08 bits per heavy atom. The minimum absolute atomic E-state index is 0.222. The molecule has 1 atom stereocenters. The first-order valence-corrected chi connectivity index (χ1v) is 4.70. The van der Waals surface area contributed by atoms with E-state index in [1.165, 1.54) is 5.56 Å². The summed E-state index contributed by atoms with van der Waals surface area (Å²) >= 11 is 5.60. The Kier molecular flexibility index (Phi) is 4.58. The van der Waals surface area contributed by atoms with Crippen molar-refractivity contribution >= 4 is 17.7 Å². The molecule has 1 aromatic carbocycles. The van der Waals surface area contributed by atoms with Crippen LogP contribution in [0.4, 0.5) is 0 Å². The summed E-state index contributed by atoms with van der Waals surface area (Å²) in [5.41, 5.74) is 0.953. The van der Waals surface area contributed by atoms with E-state index in [2.05, 4.69) is 0 Å². The highest BCUT2D eigenvalue weighted by Gasteiger charge is 1.90. The number of ether oxygens (including phenoxy) is 1. The van der Waals surface area contributed by atoms with Crippen LogP contribution in [0.3, 0.4) is 0 Å². The lowest BCUT2D eigenvalue weighted by molar-refractivity contribution is 0.147. The lowest BCUT2D eigenvalue weighted by Gasteiger charge is -2.00. The van der Waals surface area contributed by atoms with E-state index < -0.39 is 0 Å². The molecule has 13 heavy (non-hydrogen) atoms. The Bertz CT molecular complexity index is 254. The highest BCUT2D eigenvalue weighted by Crippen LogP contribution is 2.01. The Hall–Kier alpha value is -0.790. The molecule has 0 aliphatic heterocycles. The normalized spacial score (nSPS) is 13.4. The van der Waals surface area contributed by atoms with E-state index in [1.807, 2.05) is 42.5 Å². The molecule has 0 bridgehead atoms. The van der Waals surface area contributed by atoms with Crippen LogP contribution >= 0.6 is 11.6 Å². The predicted octanol–water partition coefficient (Wildman–Crippen LogP) is 3.30. The van der Waals surface area contributed by atoms with Crippen molar-refractivity contribution in [3.8, 4) is 0 Å². The van der Waals surface area contributed by atoms with Crippen LogP contribution in [0.5, 0.6) is 0 Å². The van der Waals surface area contributed by atoms with E-state index >= 15 is 0 Å². The third kappa shape index (κ3) is 4.71. The fraction of sp³-hybridized carbons (Fsp3) is 0.273. The molecule has 0 aromatic heterocycles. The zero-order valence-corrected chi connectivity index (χ0v) is 8.37. The number of benzene rings is 1. The van der Waals surface area contributed by atoms with Crippen LogP contribution in [-0.2, 0) is 4.74 Å². The van der Waals surface area contributed by atoms with E-state index in [0.717, 1.165) is 0 Å². The highest BCUT2D eigenvalue weighted by atomic mass is 35.5. The van der Waals surface area contributed by atoms with Gasteiger partial charge in [0.2, 0.25) is 0 Å². The molecule has 1 nitrogen and oxygen atoms in total. The fourth-order valence-corrected chi connectivity index (χ4v) is 1.01. The van der Waals surface area contributed by atoms with Gasteiger partial charge in [0, 0.05) is 0 Å². The van der Waals surface area contributed by atoms with Crippen LogP contribution < -0.4 is 0 Å². The molecular weight excluding hydrogens is 184 g/mol. The van der Waals surface area contributed by atoms with Crippen molar-refractivity contribution in [2.45, 2.75) is 12.5 Å². The molecule has 70 valence electrons. The summed E-state index contributed by atoms with van der Waals surface area (Å²) in [4.78, 5) is 0. The van der Waals surface area contributed by atoms with Crippen molar-refractivity contribution in [2.75, 3.05) is 6.61 Å². The molecule has 0 N–H and O–H groups in total. The SMILES string of the molecule is CC(Cl)OC/C=C/c1ccccc1. The Morgan fingerprint density at radius 1 is 1.38 bits per heavy atom. The van der Waals surface area contributed by atoms with E-state index in [-0.39, 0.29) is 5.56 Å². The van der Waals surface area contributed by atoms with Crippen LogP contribution in [0.2, 0.25) is 0 Å². The maximum Gasteiger partial charge on any atom is 0.128 e. The van der Waals surface area contributed by atoms with Gasteiger partial charge >= 0.3 is 0 Å². The molecule has 2 heteroatoms. The number of hydrogen-bond donors (Lipinski definition) is 0. The Morgan fingerprint density at radius 3 is 2.69 bits per heavy atom. The first kappa shape index (κ1) is 10.3. The lowest BCUT2D eigenvalue weighted by Crippen LogP contribution is -1.97. The molecule has 0 spiro atoms. The van der Waals surface area contributed by atoms with Gasteiger partial charge in [-0.3, -0.25) is 0 Å². The summed E-state index contributed by atoms with van der Waals surface area (Å²) in [5.74, 6) is 0. The van der Waals surface area contributed by atoms with E-state index in [4.69, 9.17) is 16.3 Å². The monoisotopic (exact) mass is 196 g/mol. The van der Waals surface area contributed by atoms with Gasteiger partial charge in [-0.15, -0.1) is 0 Å². The van der Waals surface area contributed by atoms with Crippen molar-refractivity contribution < 1.29 is 4.74 Å². The maximum atomic E-state index is 5.60. The second-order valence-corrected chi connectivity index (χ2v) is 3.30. The van der Waals surface area contributed by atoms with Crippen LogP contribution in [0, 0.1) is 0 Å². The van der Waals surface area contributed by atoms with Crippen LogP contribution in [0.15, 0.2) is 36.4 Å². The predicted molar refractivity (Wildman–Crippen MR) is 56.7 cm³/mol. The molecule has 0 saturated carbocycles. The standard InChI is InChI=1S/C11H13ClO/c1-10(12)13-9-5-8-11-6-3-2-4-7-11/h2-8,10H,9H2,1H3/b8-5+. The van der Waals surface area contributed by atoms with Gasteiger partial charge in [0.1, 0.15) is 5.56 Å². The quantitative estimate of drug-likeness (QED) is 0.672. The first-order valence-electron chi connectivity index (χ1n) is 4.26. The minimum Gasteiger partial charge on any atom is -0.359 e. The molecule has 0 aliphatic carbocycles. The number of rotatable bonds is 4. The van der Waals surface area contributed by atoms with Gasteiger partial charge in [-0.1, -0.05) is 54.1 Å². The molecular formula is C11H13ClO. The molecule has 0 heterocycles. The molecule has 0 radical (unpaired) electrons.